The molecule has 1 aromatic carbocycles. The Labute approximate surface area is 109 Å². The average Bonchev–Trinajstić information content (AvgIpc) is 2.73. The van der Waals surface area contributed by atoms with E-state index in [4.69, 9.17) is 0 Å². The lowest BCUT2D eigenvalue weighted by Gasteiger charge is -2.16. The lowest BCUT2D eigenvalue weighted by molar-refractivity contribution is -0.143. The van der Waals surface area contributed by atoms with Crippen molar-refractivity contribution >= 4 is 5.91 Å². The Morgan fingerprint density at radius 1 is 0.950 bits per heavy atom. The first-order valence-corrected chi connectivity index (χ1v) is 5.63. The summed E-state index contributed by atoms with van der Waals surface area (Å²) < 4.78 is 75.9. The summed E-state index contributed by atoms with van der Waals surface area (Å²) >= 11 is 0. The number of amides is 1. The van der Waals surface area contributed by atoms with Gasteiger partial charge in [0.25, 0.3) is 0 Å². The molecule has 1 aliphatic rings. The maximum Gasteiger partial charge on any atom is 0.416 e. The van der Waals surface area contributed by atoms with Gasteiger partial charge in [-0.05, 0) is 23.8 Å². The standard InChI is InChI=1S/C12H9F6NO/c13-11(14,15)8-1-6(7-3-10(20)19-5-7)2-9(4-8)12(16,17)18/h1-2,4,7H,3,5H2,(H,19,20). The molecule has 1 aromatic rings. The lowest BCUT2D eigenvalue weighted by Crippen LogP contribution is -2.15. The van der Waals surface area contributed by atoms with E-state index in [1.807, 2.05) is 0 Å². The largest absolute Gasteiger partial charge is 0.416 e. The maximum absolute atomic E-state index is 12.6. The molecule has 2 rings (SSSR count). The van der Waals surface area contributed by atoms with Crippen LogP contribution in [0.4, 0.5) is 26.3 Å². The molecule has 0 radical (unpaired) electrons. The first-order valence-electron chi connectivity index (χ1n) is 5.63. The summed E-state index contributed by atoms with van der Waals surface area (Å²) in [6.07, 6.45) is -9.85. The highest BCUT2D eigenvalue weighted by atomic mass is 19.4. The summed E-state index contributed by atoms with van der Waals surface area (Å²) in [5, 5.41) is 2.38. The highest BCUT2D eigenvalue weighted by Crippen LogP contribution is 2.38. The van der Waals surface area contributed by atoms with Crippen molar-refractivity contribution in [3.05, 3.63) is 34.9 Å². The third-order valence-corrected chi connectivity index (χ3v) is 3.06. The van der Waals surface area contributed by atoms with Gasteiger partial charge >= 0.3 is 12.4 Å². The molecule has 1 heterocycles. The van der Waals surface area contributed by atoms with Gasteiger partial charge in [0.1, 0.15) is 0 Å². The van der Waals surface area contributed by atoms with E-state index in [1.165, 1.54) is 0 Å². The van der Waals surface area contributed by atoms with Crippen LogP contribution < -0.4 is 5.32 Å². The predicted molar refractivity (Wildman–Crippen MR) is 56.8 cm³/mol. The fourth-order valence-corrected chi connectivity index (χ4v) is 2.06. The Kier molecular flexibility index (Phi) is 3.43. The monoisotopic (exact) mass is 297 g/mol. The number of rotatable bonds is 1. The molecule has 1 amide bonds. The number of benzene rings is 1. The van der Waals surface area contributed by atoms with Crippen LogP contribution in [0.25, 0.3) is 0 Å². The second kappa shape index (κ2) is 4.68. The Hall–Kier alpha value is -1.73. The number of hydrogen-bond acceptors (Lipinski definition) is 1. The van der Waals surface area contributed by atoms with Gasteiger partial charge in [0.05, 0.1) is 11.1 Å². The van der Waals surface area contributed by atoms with Crippen LogP contribution in [-0.4, -0.2) is 12.5 Å². The zero-order valence-corrected chi connectivity index (χ0v) is 9.90. The van der Waals surface area contributed by atoms with Gasteiger partial charge in [0.15, 0.2) is 0 Å². The van der Waals surface area contributed by atoms with Crippen molar-refractivity contribution in [3.63, 3.8) is 0 Å². The van der Waals surface area contributed by atoms with E-state index in [0.29, 0.717) is 12.1 Å². The molecule has 1 unspecified atom stereocenters. The Bertz CT molecular complexity index is 501. The molecule has 1 aliphatic heterocycles. The van der Waals surface area contributed by atoms with Gasteiger partial charge in [-0.1, -0.05) is 0 Å². The van der Waals surface area contributed by atoms with Crippen LogP contribution >= 0.6 is 0 Å². The first-order chi connectivity index (χ1) is 9.07. The van der Waals surface area contributed by atoms with E-state index in [1.54, 1.807) is 0 Å². The Balaban J connectivity index is 2.49. The molecule has 1 fully saturated rings. The third kappa shape index (κ3) is 3.05. The third-order valence-electron chi connectivity index (χ3n) is 3.06. The summed E-state index contributed by atoms with van der Waals surface area (Å²) in [6.45, 7) is 0.0391. The quantitative estimate of drug-likeness (QED) is 0.792. The zero-order chi connectivity index (χ0) is 15.1. The summed E-state index contributed by atoms with van der Waals surface area (Å²) in [6, 6.07) is 1.41. The molecule has 1 atom stereocenters. The van der Waals surface area contributed by atoms with Gasteiger partial charge in [0.2, 0.25) is 5.91 Å². The van der Waals surface area contributed by atoms with Crippen molar-refractivity contribution < 1.29 is 31.1 Å². The van der Waals surface area contributed by atoms with E-state index >= 15 is 0 Å². The predicted octanol–water partition coefficient (Wildman–Crippen LogP) is 3.33. The van der Waals surface area contributed by atoms with Crippen LogP contribution in [0.5, 0.6) is 0 Å². The summed E-state index contributed by atoms with van der Waals surface area (Å²) in [4.78, 5) is 11.0. The van der Waals surface area contributed by atoms with E-state index in [0.717, 1.165) is 0 Å². The fourth-order valence-electron chi connectivity index (χ4n) is 2.06. The normalized spacial score (nSPS) is 20.1. The number of hydrogen-bond donors (Lipinski definition) is 1. The molecule has 0 spiro atoms. The number of halogens is 6. The molecule has 20 heavy (non-hydrogen) atoms. The van der Waals surface area contributed by atoms with Crippen molar-refractivity contribution in [2.24, 2.45) is 0 Å². The van der Waals surface area contributed by atoms with Gasteiger partial charge in [-0.3, -0.25) is 4.79 Å². The molecule has 8 heteroatoms. The van der Waals surface area contributed by atoms with Crippen LogP contribution in [0.3, 0.4) is 0 Å². The van der Waals surface area contributed by atoms with Crippen molar-refractivity contribution in [1.29, 1.82) is 0 Å². The minimum atomic E-state index is -4.87. The van der Waals surface area contributed by atoms with Crippen LogP contribution in [0, 0.1) is 0 Å². The highest BCUT2D eigenvalue weighted by Gasteiger charge is 2.38. The second-order valence-corrected chi connectivity index (χ2v) is 4.54. The van der Waals surface area contributed by atoms with E-state index in [2.05, 4.69) is 5.32 Å². The van der Waals surface area contributed by atoms with E-state index < -0.39 is 29.4 Å². The molecular formula is C12H9F6NO. The van der Waals surface area contributed by atoms with Crippen molar-refractivity contribution in [2.45, 2.75) is 24.7 Å². The molecule has 0 aromatic heterocycles. The van der Waals surface area contributed by atoms with E-state index in [-0.39, 0.29) is 30.5 Å². The van der Waals surface area contributed by atoms with Gasteiger partial charge in [-0.2, -0.15) is 26.3 Å². The number of carbonyl (C=O) groups is 1. The molecule has 1 N–H and O–H groups in total. The molecule has 1 saturated heterocycles. The molecule has 110 valence electrons. The van der Waals surface area contributed by atoms with Crippen molar-refractivity contribution in [3.8, 4) is 0 Å². The SMILES string of the molecule is O=C1CC(c2cc(C(F)(F)F)cc(C(F)(F)F)c2)CN1. The van der Waals surface area contributed by atoms with Crippen molar-refractivity contribution in [1.82, 2.24) is 5.32 Å². The average molecular weight is 297 g/mol. The van der Waals surface area contributed by atoms with Gasteiger partial charge < -0.3 is 5.32 Å². The molecule has 0 saturated carbocycles. The van der Waals surface area contributed by atoms with Crippen LogP contribution in [0.15, 0.2) is 18.2 Å². The van der Waals surface area contributed by atoms with Crippen molar-refractivity contribution in [2.75, 3.05) is 6.54 Å². The minimum absolute atomic E-state index is 0.0391. The van der Waals surface area contributed by atoms with Gasteiger partial charge in [-0.25, -0.2) is 0 Å². The maximum atomic E-state index is 12.6. The topological polar surface area (TPSA) is 29.1 Å². The summed E-state index contributed by atoms with van der Waals surface area (Å²) in [5.41, 5.74) is -2.85. The number of nitrogens with one attached hydrogen (secondary N) is 1. The molecule has 0 bridgehead atoms. The van der Waals surface area contributed by atoms with E-state index in [9.17, 15) is 31.1 Å². The van der Waals surface area contributed by atoms with Crippen LogP contribution in [0.2, 0.25) is 0 Å². The lowest BCUT2D eigenvalue weighted by atomic mass is 9.94. The number of alkyl halides is 6. The number of carbonyl (C=O) groups excluding carboxylic acids is 1. The molecular weight excluding hydrogens is 288 g/mol. The van der Waals surface area contributed by atoms with Crippen LogP contribution in [-0.2, 0) is 17.1 Å². The molecule has 2 nitrogen and oxygen atoms in total. The Morgan fingerprint density at radius 3 is 1.80 bits per heavy atom. The highest BCUT2D eigenvalue weighted by molar-refractivity contribution is 5.79. The van der Waals surface area contributed by atoms with Gasteiger partial charge in [-0.15, -0.1) is 0 Å². The first kappa shape index (κ1) is 14.7. The van der Waals surface area contributed by atoms with Gasteiger partial charge in [0, 0.05) is 18.9 Å². The Morgan fingerprint density at radius 2 is 1.45 bits per heavy atom. The fraction of sp³-hybridized carbons (Fsp3) is 0.417. The second-order valence-electron chi connectivity index (χ2n) is 4.54. The van der Waals surface area contributed by atoms with Crippen LogP contribution in [0.1, 0.15) is 29.0 Å². The summed E-state index contributed by atoms with van der Waals surface area (Å²) in [5.74, 6) is -1.06. The summed E-state index contributed by atoms with van der Waals surface area (Å²) in [7, 11) is 0. The molecule has 0 aliphatic carbocycles. The smallest absolute Gasteiger partial charge is 0.355 e. The minimum Gasteiger partial charge on any atom is -0.355 e. The zero-order valence-electron chi connectivity index (χ0n) is 9.90.